The van der Waals surface area contributed by atoms with Crippen molar-refractivity contribution >= 4 is 15.9 Å². The summed E-state index contributed by atoms with van der Waals surface area (Å²) in [4.78, 5) is 0.354. The Morgan fingerprint density at radius 1 is 1.06 bits per heavy atom. The molecule has 2 rings (SSSR count). The molecular formula is C16H17BrO. The number of aryl methyl sites for hydroxylation is 1. The second-order valence-electron chi connectivity index (χ2n) is 4.38. The van der Waals surface area contributed by atoms with Crippen molar-refractivity contribution in [3.63, 3.8) is 0 Å². The molecule has 1 nitrogen and oxygen atoms in total. The smallest absolute Gasteiger partial charge is 0.118 e. The minimum atomic E-state index is 0.354. The Balaban J connectivity index is 2.11. The van der Waals surface area contributed by atoms with Crippen LogP contribution in [0.5, 0.6) is 5.75 Å². The molecule has 1 atom stereocenters. The molecule has 2 aromatic carbocycles. The number of hydrogen-bond donors (Lipinski definition) is 0. The van der Waals surface area contributed by atoms with E-state index in [1.807, 2.05) is 12.1 Å². The monoisotopic (exact) mass is 304 g/mol. The van der Waals surface area contributed by atoms with E-state index in [0.717, 1.165) is 12.2 Å². The molecule has 0 aromatic heterocycles. The zero-order chi connectivity index (χ0) is 13.0. The fourth-order valence-corrected chi connectivity index (χ4v) is 2.90. The van der Waals surface area contributed by atoms with E-state index in [0.29, 0.717) is 4.83 Å². The summed E-state index contributed by atoms with van der Waals surface area (Å²) in [6.45, 7) is 2.15. The van der Waals surface area contributed by atoms with Crippen LogP contribution in [0.2, 0.25) is 0 Å². The molecule has 0 aliphatic rings. The van der Waals surface area contributed by atoms with Gasteiger partial charge in [0.2, 0.25) is 0 Å². The minimum absolute atomic E-state index is 0.354. The molecule has 0 fully saturated rings. The Labute approximate surface area is 117 Å². The predicted molar refractivity (Wildman–Crippen MR) is 79.5 cm³/mol. The molecule has 0 saturated heterocycles. The van der Waals surface area contributed by atoms with E-state index in [1.54, 1.807) is 7.11 Å². The van der Waals surface area contributed by atoms with Crippen LogP contribution in [0.25, 0.3) is 0 Å². The normalized spacial score (nSPS) is 12.2. The van der Waals surface area contributed by atoms with Crippen LogP contribution in [0.1, 0.15) is 21.5 Å². The number of rotatable bonds is 4. The summed E-state index contributed by atoms with van der Waals surface area (Å²) < 4.78 is 5.17. The van der Waals surface area contributed by atoms with Crippen LogP contribution in [0.3, 0.4) is 0 Å². The molecule has 0 N–H and O–H groups in total. The highest BCUT2D eigenvalue weighted by atomic mass is 79.9. The van der Waals surface area contributed by atoms with Gasteiger partial charge >= 0.3 is 0 Å². The standard InChI is InChI=1S/C16H17BrO/c1-12-5-3-4-6-15(12)16(17)11-13-7-9-14(18-2)10-8-13/h3-10,16H,11H2,1-2H3. The maximum absolute atomic E-state index is 5.17. The molecule has 0 heterocycles. The molecule has 0 aliphatic heterocycles. The number of benzene rings is 2. The molecule has 0 aliphatic carbocycles. The third-order valence-corrected chi connectivity index (χ3v) is 3.92. The number of ether oxygens (including phenoxy) is 1. The van der Waals surface area contributed by atoms with Crippen molar-refractivity contribution in [3.8, 4) is 5.75 Å². The first-order valence-electron chi connectivity index (χ1n) is 6.03. The van der Waals surface area contributed by atoms with E-state index < -0.39 is 0 Å². The van der Waals surface area contributed by atoms with Gasteiger partial charge < -0.3 is 4.74 Å². The Hall–Kier alpha value is -1.28. The lowest BCUT2D eigenvalue weighted by Crippen LogP contribution is -1.97. The highest BCUT2D eigenvalue weighted by Gasteiger charge is 2.10. The number of halogens is 1. The van der Waals surface area contributed by atoms with Gasteiger partial charge in [0.1, 0.15) is 5.75 Å². The Morgan fingerprint density at radius 3 is 2.33 bits per heavy atom. The van der Waals surface area contributed by atoms with Gasteiger partial charge in [-0.3, -0.25) is 0 Å². The number of alkyl halides is 1. The van der Waals surface area contributed by atoms with E-state index in [2.05, 4.69) is 59.3 Å². The van der Waals surface area contributed by atoms with Crippen LogP contribution >= 0.6 is 15.9 Å². The van der Waals surface area contributed by atoms with Crippen molar-refractivity contribution in [1.29, 1.82) is 0 Å². The van der Waals surface area contributed by atoms with Crippen LogP contribution < -0.4 is 4.74 Å². The lowest BCUT2D eigenvalue weighted by atomic mass is 10.0. The summed E-state index contributed by atoms with van der Waals surface area (Å²) in [5.41, 5.74) is 3.99. The fourth-order valence-electron chi connectivity index (χ4n) is 2.02. The van der Waals surface area contributed by atoms with Crippen LogP contribution in [0.4, 0.5) is 0 Å². The molecule has 0 radical (unpaired) electrons. The van der Waals surface area contributed by atoms with E-state index >= 15 is 0 Å². The molecule has 0 amide bonds. The summed E-state index contributed by atoms with van der Waals surface area (Å²) in [6, 6.07) is 16.7. The molecule has 1 unspecified atom stereocenters. The van der Waals surface area contributed by atoms with Gasteiger partial charge in [0.15, 0.2) is 0 Å². The first-order chi connectivity index (χ1) is 8.70. The third kappa shape index (κ3) is 3.14. The lowest BCUT2D eigenvalue weighted by Gasteiger charge is -2.13. The van der Waals surface area contributed by atoms with E-state index in [4.69, 9.17) is 4.74 Å². The van der Waals surface area contributed by atoms with E-state index in [1.165, 1.54) is 16.7 Å². The maximum Gasteiger partial charge on any atom is 0.118 e. The van der Waals surface area contributed by atoms with Gasteiger partial charge in [-0.05, 0) is 42.2 Å². The Kier molecular flexibility index (Phi) is 4.43. The summed E-state index contributed by atoms with van der Waals surface area (Å²) in [5.74, 6) is 0.903. The van der Waals surface area contributed by atoms with E-state index in [-0.39, 0.29) is 0 Å². The first kappa shape index (κ1) is 13.2. The highest BCUT2D eigenvalue weighted by Crippen LogP contribution is 2.29. The second kappa shape index (κ2) is 6.05. The molecule has 0 bridgehead atoms. The van der Waals surface area contributed by atoms with Gasteiger partial charge in [-0.25, -0.2) is 0 Å². The SMILES string of the molecule is COc1ccc(CC(Br)c2ccccc2C)cc1. The number of methoxy groups -OCH3 is 1. The average molecular weight is 305 g/mol. The summed E-state index contributed by atoms with van der Waals surface area (Å²) in [5, 5.41) is 0. The summed E-state index contributed by atoms with van der Waals surface area (Å²) >= 11 is 3.78. The van der Waals surface area contributed by atoms with Crippen molar-refractivity contribution < 1.29 is 4.74 Å². The quantitative estimate of drug-likeness (QED) is 0.745. The zero-order valence-electron chi connectivity index (χ0n) is 10.7. The van der Waals surface area contributed by atoms with Crippen molar-refractivity contribution in [2.24, 2.45) is 0 Å². The largest absolute Gasteiger partial charge is 0.497 e. The molecule has 0 spiro atoms. The summed E-state index contributed by atoms with van der Waals surface area (Å²) in [7, 11) is 1.69. The third-order valence-electron chi connectivity index (χ3n) is 3.10. The predicted octanol–water partition coefficient (Wildman–Crippen LogP) is 4.68. The van der Waals surface area contributed by atoms with Crippen LogP contribution in [0.15, 0.2) is 48.5 Å². The van der Waals surface area contributed by atoms with E-state index in [9.17, 15) is 0 Å². The Morgan fingerprint density at radius 2 is 1.72 bits per heavy atom. The van der Waals surface area contributed by atoms with Crippen LogP contribution in [-0.2, 0) is 6.42 Å². The molecule has 0 saturated carbocycles. The van der Waals surface area contributed by atoms with Crippen molar-refractivity contribution in [2.75, 3.05) is 7.11 Å². The molecule has 18 heavy (non-hydrogen) atoms. The van der Waals surface area contributed by atoms with Gasteiger partial charge in [0, 0.05) is 4.83 Å². The maximum atomic E-state index is 5.17. The Bertz CT molecular complexity index is 505. The molecule has 94 valence electrons. The number of hydrogen-bond acceptors (Lipinski definition) is 1. The van der Waals surface area contributed by atoms with Crippen molar-refractivity contribution in [3.05, 3.63) is 65.2 Å². The van der Waals surface area contributed by atoms with Crippen molar-refractivity contribution in [2.45, 2.75) is 18.2 Å². The van der Waals surface area contributed by atoms with Gasteiger partial charge in [0.25, 0.3) is 0 Å². The first-order valence-corrected chi connectivity index (χ1v) is 6.95. The van der Waals surface area contributed by atoms with Crippen LogP contribution in [0, 0.1) is 6.92 Å². The van der Waals surface area contributed by atoms with Gasteiger partial charge in [0.05, 0.1) is 7.11 Å². The van der Waals surface area contributed by atoms with Crippen LogP contribution in [-0.4, -0.2) is 7.11 Å². The molecule has 2 heteroatoms. The highest BCUT2D eigenvalue weighted by molar-refractivity contribution is 9.09. The van der Waals surface area contributed by atoms with Crippen molar-refractivity contribution in [1.82, 2.24) is 0 Å². The van der Waals surface area contributed by atoms with Gasteiger partial charge in [-0.15, -0.1) is 0 Å². The van der Waals surface area contributed by atoms with Gasteiger partial charge in [-0.2, -0.15) is 0 Å². The van der Waals surface area contributed by atoms with Gasteiger partial charge in [-0.1, -0.05) is 52.3 Å². The fraction of sp³-hybridized carbons (Fsp3) is 0.250. The zero-order valence-corrected chi connectivity index (χ0v) is 12.3. The average Bonchev–Trinajstić information content (AvgIpc) is 2.40. The lowest BCUT2D eigenvalue weighted by molar-refractivity contribution is 0.414. The molecule has 2 aromatic rings. The topological polar surface area (TPSA) is 9.23 Å². The minimum Gasteiger partial charge on any atom is -0.497 e. The molecular weight excluding hydrogens is 288 g/mol. The second-order valence-corrected chi connectivity index (χ2v) is 5.48. The summed E-state index contributed by atoms with van der Waals surface area (Å²) in [6.07, 6.45) is 0.981.